The van der Waals surface area contributed by atoms with Gasteiger partial charge in [-0.05, 0) is 18.2 Å². The number of hydrogen-bond acceptors (Lipinski definition) is 8. The van der Waals surface area contributed by atoms with Crippen LogP contribution in [-0.4, -0.2) is 41.8 Å². The van der Waals surface area contributed by atoms with E-state index >= 15 is 0 Å². The number of hydrogen-bond donors (Lipinski definition) is 2. The number of thiazole rings is 1. The first-order chi connectivity index (χ1) is 15.6. The van der Waals surface area contributed by atoms with Gasteiger partial charge in [0.05, 0.1) is 23.3 Å². The Morgan fingerprint density at radius 3 is 2.73 bits per heavy atom. The number of halogens is 4. The van der Waals surface area contributed by atoms with Crippen molar-refractivity contribution in [2.24, 2.45) is 7.05 Å². The average molecular weight is 497 g/mol. The molecule has 33 heavy (non-hydrogen) atoms. The quantitative estimate of drug-likeness (QED) is 0.434. The number of fused-ring (bicyclic) bond motifs is 1. The summed E-state index contributed by atoms with van der Waals surface area (Å²) < 4.78 is 40.4. The van der Waals surface area contributed by atoms with Gasteiger partial charge in [-0.1, -0.05) is 16.8 Å². The lowest BCUT2D eigenvalue weighted by Gasteiger charge is -2.11. The number of alkyl halides is 3. The monoisotopic (exact) mass is 496 g/mol. The standard InChI is InChI=1S/C18H12ClF3N8O2S/c1-30-15-13(28-29-30)14(25-7-26-15)17(32)24-6-12-23-5-11(33-12)16(31)27-8-2-3-10(19)9(4-8)18(20,21)22/h2-5,7H,6H2,1H3,(H,24,32)(H,27,31). The molecular formula is C18H12ClF3N8O2S. The van der Waals surface area contributed by atoms with Crippen molar-refractivity contribution in [1.82, 2.24) is 35.3 Å². The lowest BCUT2D eigenvalue weighted by atomic mass is 10.2. The van der Waals surface area contributed by atoms with Crippen molar-refractivity contribution in [3.05, 3.63) is 56.9 Å². The van der Waals surface area contributed by atoms with Crippen molar-refractivity contribution < 1.29 is 22.8 Å². The minimum Gasteiger partial charge on any atom is -0.344 e. The molecule has 0 fully saturated rings. The molecule has 0 aliphatic heterocycles. The first kappa shape index (κ1) is 22.5. The van der Waals surface area contributed by atoms with Gasteiger partial charge in [-0.25, -0.2) is 19.6 Å². The zero-order chi connectivity index (χ0) is 23.8. The van der Waals surface area contributed by atoms with Gasteiger partial charge in [-0.15, -0.1) is 16.4 Å². The van der Waals surface area contributed by atoms with Crippen molar-refractivity contribution in [2.45, 2.75) is 12.7 Å². The van der Waals surface area contributed by atoms with Crippen LogP contribution in [-0.2, 0) is 19.8 Å². The Morgan fingerprint density at radius 1 is 1.18 bits per heavy atom. The number of anilines is 1. The van der Waals surface area contributed by atoms with Gasteiger partial charge in [0.15, 0.2) is 16.9 Å². The smallest absolute Gasteiger partial charge is 0.344 e. The fraction of sp³-hybridized carbons (Fsp3) is 0.167. The molecule has 0 radical (unpaired) electrons. The second-order valence-electron chi connectivity index (χ2n) is 6.55. The van der Waals surface area contributed by atoms with E-state index in [1.165, 1.54) is 23.3 Å². The van der Waals surface area contributed by atoms with Crippen LogP contribution < -0.4 is 10.6 Å². The number of amides is 2. The number of nitrogens with one attached hydrogen (secondary N) is 2. The summed E-state index contributed by atoms with van der Waals surface area (Å²) in [6.07, 6.45) is -2.19. The molecule has 0 saturated carbocycles. The van der Waals surface area contributed by atoms with Crippen LogP contribution in [0.3, 0.4) is 0 Å². The van der Waals surface area contributed by atoms with Crippen LogP contribution in [0.4, 0.5) is 18.9 Å². The molecular weight excluding hydrogens is 485 g/mol. The Bertz CT molecular complexity index is 1370. The Morgan fingerprint density at radius 2 is 1.97 bits per heavy atom. The molecule has 1 aromatic carbocycles. The van der Waals surface area contributed by atoms with Crippen LogP contribution in [0, 0.1) is 0 Å². The molecule has 0 aliphatic rings. The number of nitrogens with zero attached hydrogens (tertiary/aromatic N) is 6. The molecule has 15 heteroatoms. The SMILES string of the molecule is Cn1nnc2c(C(=O)NCc3ncc(C(=O)Nc4ccc(Cl)c(C(F)(F)F)c4)s3)ncnc21. The fourth-order valence-corrected chi connectivity index (χ4v) is 3.75. The summed E-state index contributed by atoms with van der Waals surface area (Å²) in [4.78, 5) is 37.0. The lowest BCUT2D eigenvalue weighted by molar-refractivity contribution is -0.137. The van der Waals surface area contributed by atoms with E-state index in [9.17, 15) is 22.8 Å². The summed E-state index contributed by atoms with van der Waals surface area (Å²) in [6, 6.07) is 3.05. The molecule has 0 atom stereocenters. The van der Waals surface area contributed by atoms with Crippen molar-refractivity contribution in [3.8, 4) is 0 Å². The van der Waals surface area contributed by atoms with Gasteiger partial charge in [-0.2, -0.15) is 13.2 Å². The summed E-state index contributed by atoms with van der Waals surface area (Å²) in [5, 5.41) is 12.6. The van der Waals surface area contributed by atoms with Crippen LogP contribution in [0.5, 0.6) is 0 Å². The van der Waals surface area contributed by atoms with E-state index in [0.29, 0.717) is 10.7 Å². The molecule has 2 N–H and O–H groups in total. The third kappa shape index (κ3) is 4.75. The van der Waals surface area contributed by atoms with Gasteiger partial charge < -0.3 is 10.6 Å². The minimum atomic E-state index is -4.66. The highest BCUT2D eigenvalue weighted by Gasteiger charge is 2.33. The van der Waals surface area contributed by atoms with Crippen molar-refractivity contribution in [3.63, 3.8) is 0 Å². The average Bonchev–Trinajstić information content (AvgIpc) is 3.40. The maximum atomic E-state index is 13.0. The molecule has 3 aromatic heterocycles. The Kier molecular flexibility index (Phi) is 5.95. The van der Waals surface area contributed by atoms with Crippen LogP contribution in [0.25, 0.3) is 11.2 Å². The predicted molar refractivity (Wildman–Crippen MR) is 112 cm³/mol. The van der Waals surface area contributed by atoms with Crippen molar-refractivity contribution in [1.29, 1.82) is 0 Å². The van der Waals surface area contributed by atoms with Crippen LogP contribution in [0.2, 0.25) is 5.02 Å². The number of carbonyl (C=O) groups is 2. The zero-order valence-electron chi connectivity index (χ0n) is 16.5. The molecule has 0 unspecified atom stereocenters. The van der Waals surface area contributed by atoms with Gasteiger partial charge in [0.2, 0.25) is 0 Å². The highest BCUT2D eigenvalue weighted by molar-refractivity contribution is 7.13. The van der Waals surface area contributed by atoms with Gasteiger partial charge in [0.1, 0.15) is 16.2 Å². The number of rotatable bonds is 5. The van der Waals surface area contributed by atoms with Crippen molar-refractivity contribution >= 4 is 51.6 Å². The first-order valence-electron chi connectivity index (χ1n) is 9.05. The number of aromatic nitrogens is 6. The molecule has 3 heterocycles. The molecule has 4 rings (SSSR count). The van der Waals surface area contributed by atoms with Gasteiger partial charge >= 0.3 is 6.18 Å². The van der Waals surface area contributed by atoms with E-state index in [4.69, 9.17) is 11.6 Å². The van der Waals surface area contributed by atoms with E-state index in [1.54, 1.807) is 7.05 Å². The number of aryl methyl sites for hydroxylation is 1. The third-order valence-electron chi connectivity index (χ3n) is 4.31. The topological polar surface area (TPSA) is 128 Å². The Labute approximate surface area is 191 Å². The fourth-order valence-electron chi connectivity index (χ4n) is 2.77. The highest BCUT2D eigenvalue weighted by Crippen LogP contribution is 2.36. The lowest BCUT2D eigenvalue weighted by Crippen LogP contribution is -2.24. The van der Waals surface area contributed by atoms with Crippen LogP contribution >= 0.6 is 22.9 Å². The summed E-state index contributed by atoms with van der Waals surface area (Å²) >= 11 is 6.55. The van der Waals surface area contributed by atoms with E-state index in [-0.39, 0.29) is 28.3 Å². The summed E-state index contributed by atoms with van der Waals surface area (Å²) in [6.45, 7) is -0.0122. The maximum Gasteiger partial charge on any atom is 0.417 e. The first-order valence-corrected chi connectivity index (χ1v) is 10.2. The van der Waals surface area contributed by atoms with E-state index in [2.05, 4.69) is 35.9 Å². The molecule has 4 aromatic rings. The summed E-state index contributed by atoms with van der Waals surface area (Å²) in [5.41, 5.74) is -0.476. The van der Waals surface area contributed by atoms with E-state index in [0.717, 1.165) is 23.5 Å². The predicted octanol–water partition coefficient (Wildman–Crippen LogP) is 3.07. The summed E-state index contributed by atoms with van der Waals surface area (Å²) in [5.74, 6) is -1.19. The molecule has 0 aliphatic carbocycles. The van der Waals surface area contributed by atoms with Gasteiger partial charge in [-0.3, -0.25) is 9.59 Å². The van der Waals surface area contributed by atoms with Crippen LogP contribution in [0.15, 0.2) is 30.7 Å². The maximum absolute atomic E-state index is 13.0. The number of benzene rings is 1. The Hall–Kier alpha value is -3.65. The molecule has 0 saturated heterocycles. The third-order valence-corrected chi connectivity index (χ3v) is 5.64. The van der Waals surface area contributed by atoms with Gasteiger partial charge in [0, 0.05) is 12.7 Å². The van der Waals surface area contributed by atoms with E-state index < -0.39 is 28.6 Å². The largest absolute Gasteiger partial charge is 0.417 e. The molecule has 0 spiro atoms. The molecule has 10 nitrogen and oxygen atoms in total. The zero-order valence-corrected chi connectivity index (χ0v) is 18.1. The van der Waals surface area contributed by atoms with Crippen LogP contribution in [0.1, 0.15) is 30.7 Å². The highest BCUT2D eigenvalue weighted by atomic mass is 35.5. The normalized spacial score (nSPS) is 11.5. The Balaban J connectivity index is 1.42. The van der Waals surface area contributed by atoms with Crippen molar-refractivity contribution in [2.75, 3.05) is 5.32 Å². The summed E-state index contributed by atoms with van der Waals surface area (Å²) in [7, 11) is 1.63. The molecule has 0 bridgehead atoms. The van der Waals surface area contributed by atoms with E-state index in [1.807, 2.05) is 0 Å². The van der Waals surface area contributed by atoms with Gasteiger partial charge in [0.25, 0.3) is 11.8 Å². The second kappa shape index (κ2) is 8.71. The molecule has 170 valence electrons. The minimum absolute atomic E-state index is 0.0122. The molecule has 2 amide bonds. The second-order valence-corrected chi connectivity index (χ2v) is 8.08. The number of carbonyl (C=O) groups excluding carboxylic acids is 2.